The normalized spacial score (nSPS) is 17.6. The van der Waals surface area contributed by atoms with Crippen molar-refractivity contribution in [2.75, 3.05) is 32.6 Å². The van der Waals surface area contributed by atoms with Crippen molar-refractivity contribution in [2.24, 2.45) is 12.8 Å². The highest BCUT2D eigenvalue weighted by molar-refractivity contribution is 5.50. The molecule has 0 saturated heterocycles. The Morgan fingerprint density at radius 3 is 2.37 bits per heavy atom. The number of nitrogens with two attached hydrogens (primary N) is 1. The van der Waals surface area contributed by atoms with Crippen LogP contribution in [-0.4, -0.2) is 47.9 Å². The second-order valence-corrected chi connectivity index (χ2v) is 6.04. The van der Waals surface area contributed by atoms with E-state index < -0.39 is 0 Å². The van der Waals surface area contributed by atoms with Crippen LogP contribution in [0.15, 0.2) is 0 Å². The highest BCUT2D eigenvalue weighted by atomic mass is 15.4. The highest BCUT2D eigenvalue weighted by Crippen LogP contribution is 2.38. The number of aryl methyl sites for hydroxylation is 2. The summed E-state index contributed by atoms with van der Waals surface area (Å²) in [4.78, 5) is 4.69. The predicted molar refractivity (Wildman–Crippen MR) is 79.4 cm³/mol. The van der Waals surface area contributed by atoms with Crippen LogP contribution in [0.3, 0.4) is 0 Å². The lowest BCUT2D eigenvalue weighted by atomic mass is 9.75. The van der Waals surface area contributed by atoms with E-state index in [2.05, 4.69) is 36.0 Å². The standard InChI is InChI=1S/C14H27N5/c1-11-12(9-15)13(19(5)16-11)18(4)10-14(17(2)3)7-6-8-14/h6-10,15H2,1-5H3. The van der Waals surface area contributed by atoms with Crippen molar-refractivity contribution in [1.82, 2.24) is 14.7 Å². The number of aromatic nitrogens is 2. The van der Waals surface area contributed by atoms with Crippen molar-refractivity contribution in [3.05, 3.63) is 11.3 Å². The molecule has 1 fully saturated rings. The lowest BCUT2D eigenvalue weighted by Gasteiger charge is -2.49. The molecule has 1 aliphatic rings. The third-order valence-corrected chi connectivity index (χ3v) is 4.64. The summed E-state index contributed by atoms with van der Waals surface area (Å²) in [5.74, 6) is 1.16. The molecule has 0 radical (unpaired) electrons. The monoisotopic (exact) mass is 265 g/mol. The second kappa shape index (κ2) is 5.13. The van der Waals surface area contributed by atoms with Gasteiger partial charge in [-0.3, -0.25) is 4.68 Å². The van der Waals surface area contributed by atoms with E-state index in [1.807, 2.05) is 18.7 Å². The van der Waals surface area contributed by atoms with Crippen LogP contribution in [-0.2, 0) is 13.6 Å². The molecule has 5 heteroatoms. The Balaban J connectivity index is 2.22. The van der Waals surface area contributed by atoms with E-state index in [9.17, 15) is 0 Å². The third-order valence-electron chi connectivity index (χ3n) is 4.64. The van der Waals surface area contributed by atoms with Crippen LogP contribution < -0.4 is 10.6 Å². The van der Waals surface area contributed by atoms with Gasteiger partial charge in [-0.1, -0.05) is 0 Å². The molecule has 0 unspecified atom stereocenters. The number of nitrogens with zero attached hydrogens (tertiary/aromatic N) is 4. The van der Waals surface area contributed by atoms with E-state index in [1.54, 1.807) is 0 Å². The van der Waals surface area contributed by atoms with Gasteiger partial charge < -0.3 is 15.5 Å². The lowest BCUT2D eigenvalue weighted by molar-refractivity contribution is 0.0680. The fraction of sp³-hybridized carbons (Fsp3) is 0.786. The van der Waals surface area contributed by atoms with E-state index in [4.69, 9.17) is 5.73 Å². The Kier molecular flexibility index (Phi) is 3.87. The Bertz CT molecular complexity index is 445. The van der Waals surface area contributed by atoms with Gasteiger partial charge in [-0.2, -0.15) is 5.10 Å². The lowest BCUT2D eigenvalue weighted by Crippen LogP contribution is -2.57. The molecule has 1 aliphatic carbocycles. The van der Waals surface area contributed by atoms with E-state index in [0.29, 0.717) is 12.1 Å². The fourth-order valence-corrected chi connectivity index (χ4v) is 3.25. The zero-order valence-electron chi connectivity index (χ0n) is 12.9. The fourth-order valence-electron chi connectivity index (χ4n) is 3.25. The van der Waals surface area contributed by atoms with E-state index in [-0.39, 0.29) is 0 Å². The van der Waals surface area contributed by atoms with E-state index in [0.717, 1.165) is 18.1 Å². The molecule has 0 amide bonds. The molecule has 0 aliphatic heterocycles. The Labute approximate surface area is 116 Å². The third kappa shape index (κ3) is 2.37. The van der Waals surface area contributed by atoms with Gasteiger partial charge in [0.25, 0.3) is 0 Å². The van der Waals surface area contributed by atoms with E-state index >= 15 is 0 Å². The summed E-state index contributed by atoms with van der Waals surface area (Å²) in [6.45, 7) is 3.62. The van der Waals surface area contributed by atoms with Crippen LogP contribution in [0.5, 0.6) is 0 Å². The Morgan fingerprint density at radius 1 is 1.32 bits per heavy atom. The number of hydrogen-bond acceptors (Lipinski definition) is 4. The topological polar surface area (TPSA) is 50.3 Å². The van der Waals surface area contributed by atoms with Gasteiger partial charge in [0, 0.05) is 38.3 Å². The molecule has 0 bridgehead atoms. The maximum atomic E-state index is 5.88. The van der Waals surface area contributed by atoms with Gasteiger partial charge in [0.1, 0.15) is 5.82 Å². The van der Waals surface area contributed by atoms with Crippen LogP contribution in [0.4, 0.5) is 5.82 Å². The van der Waals surface area contributed by atoms with Gasteiger partial charge >= 0.3 is 0 Å². The Morgan fingerprint density at radius 2 is 1.95 bits per heavy atom. The van der Waals surface area contributed by atoms with Gasteiger partial charge in [0.2, 0.25) is 0 Å². The summed E-state index contributed by atoms with van der Waals surface area (Å²) < 4.78 is 1.96. The smallest absolute Gasteiger partial charge is 0.131 e. The molecule has 0 atom stereocenters. The zero-order chi connectivity index (χ0) is 14.2. The second-order valence-electron chi connectivity index (χ2n) is 6.04. The van der Waals surface area contributed by atoms with Crippen LogP contribution in [0.2, 0.25) is 0 Å². The average molecular weight is 265 g/mol. The quantitative estimate of drug-likeness (QED) is 0.866. The molecule has 0 aromatic carbocycles. The molecule has 1 saturated carbocycles. The first-order valence-electron chi connectivity index (χ1n) is 7.02. The van der Waals surface area contributed by atoms with Crippen molar-refractivity contribution >= 4 is 5.82 Å². The summed E-state index contributed by atoms with van der Waals surface area (Å²) in [6.07, 6.45) is 3.89. The van der Waals surface area contributed by atoms with Crippen molar-refractivity contribution in [3.63, 3.8) is 0 Å². The van der Waals surface area contributed by atoms with Crippen molar-refractivity contribution < 1.29 is 0 Å². The molecule has 19 heavy (non-hydrogen) atoms. The number of rotatable bonds is 5. The first kappa shape index (κ1) is 14.3. The van der Waals surface area contributed by atoms with Gasteiger partial charge in [-0.05, 0) is 40.3 Å². The minimum absolute atomic E-state index is 0.318. The molecule has 1 heterocycles. The SMILES string of the molecule is Cc1nn(C)c(N(C)CC2(N(C)C)CCC2)c1CN. The van der Waals surface area contributed by atoms with Crippen LogP contribution in [0, 0.1) is 6.92 Å². The van der Waals surface area contributed by atoms with Gasteiger partial charge in [0.05, 0.1) is 5.69 Å². The summed E-state index contributed by atoms with van der Waals surface area (Å²) in [7, 11) is 8.52. The van der Waals surface area contributed by atoms with Crippen LogP contribution in [0.1, 0.15) is 30.5 Å². The summed E-state index contributed by atoms with van der Waals surface area (Å²) in [5, 5.41) is 4.50. The largest absolute Gasteiger partial charge is 0.358 e. The van der Waals surface area contributed by atoms with Crippen molar-refractivity contribution in [3.8, 4) is 0 Å². The Hall–Kier alpha value is -1.07. The predicted octanol–water partition coefficient (Wildman–Crippen LogP) is 1.11. The van der Waals surface area contributed by atoms with Gasteiger partial charge in [-0.15, -0.1) is 0 Å². The zero-order valence-corrected chi connectivity index (χ0v) is 12.9. The summed E-state index contributed by atoms with van der Waals surface area (Å²) in [6, 6.07) is 0. The first-order chi connectivity index (χ1) is 8.91. The highest BCUT2D eigenvalue weighted by Gasteiger charge is 2.40. The van der Waals surface area contributed by atoms with E-state index in [1.165, 1.54) is 24.8 Å². The molecule has 5 nitrogen and oxygen atoms in total. The molecule has 108 valence electrons. The molecular formula is C14H27N5. The van der Waals surface area contributed by atoms with Crippen molar-refractivity contribution in [2.45, 2.75) is 38.3 Å². The van der Waals surface area contributed by atoms with Crippen molar-refractivity contribution in [1.29, 1.82) is 0 Å². The molecule has 2 rings (SSSR count). The number of anilines is 1. The maximum absolute atomic E-state index is 5.88. The minimum Gasteiger partial charge on any atom is -0.358 e. The van der Waals surface area contributed by atoms with Gasteiger partial charge in [0.15, 0.2) is 0 Å². The van der Waals surface area contributed by atoms with Crippen LogP contribution >= 0.6 is 0 Å². The molecule has 0 spiro atoms. The maximum Gasteiger partial charge on any atom is 0.131 e. The molecule has 2 N–H and O–H groups in total. The summed E-state index contributed by atoms with van der Waals surface area (Å²) in [5.41, 5.74) is 8.41. The first-order valence-corrected chi connectivity index (χ1v) is 7.02. The van der Waals surface area contributed by atoms with Crippen LogP contribution in [0.25, 0.3) is 0 Å². The molecule has 1 aromatic rings. The van der Waals surface area contributed by atoms with Gasteiger partial charge in [-0.25, -0.2) is 0 Å². The summed E-state index contributed by atoms with van der Waals surface area (Å²) >= 11 is 0. The minimum atomic E-state index is 0.318. The number of hydrogen-bond donors (Lipinski definition) is 1. The number of likely N-dealkylation sites (N-methyl/N-ethyl adjacent to an activating group) is 2. The molecule has 1 aromatic heterocycles. The average Bonchev–Trinajstić information content (AvgIpc) is 2.57. The molecular weight excluding hydrogens is 238 g/mol.